The van der Waals surface area contributed by atoms with Gasteiger partial charge in [0.15, 0.2) is 0 Å². The largest absolute Gasteiger partial charge is 0.396 e. The first kappa shape index (κ1) is 13.4. The van der Waals surface area contributed by atoms with Gasteiger partial charge in [-0.3, -0.25) is 4.90 Å². The molecular weight excluding hydrogens is 210 g/mol. The maximum absolute atomic E-state index is 9.72. The molecule has 1 heterocycles. The number of aliphatic hydroxyl groups is 1. The van der Waals surface area contributed by atoms with Crippen LogP contribution in [0.15, 0.2) is 0 Å². The van der Waals surface area contributed by atoms with Crippen LogP contribution >= 0.6 is 0 Å². The molecule has 1 aliphatic carbocycles. The third-order valence-corrected chi connectivity index (χ3v) is 5.48. The zero-order valence-corrected chi connectivity index (χ0v) is 11.6. The van der Waals surface area contributed by atoms with Crippen molar-refractivity contribution < 1.29 is 5.11 Å². The minimum Gasteiger partial charge on any atom is -0.396 e. The second kappa shape index (κ2) is 5.71. The molecule has 1 saturated heterocycles. The third kappa shape index (κ3) is 2.68. The topological polar surface area (TPSA) is 23.5 Å². The van der Waals surface area contributed by atoms with E-state index in [0.29, 0.717) is 6.61 Å². The lowest BCUT2D eigenvalue weighted by atomic mass is 9.81. The fourth-order valence-corrected chi connectivity index (χ4v) is 3.93. The first-order valence-corrected chi connectivity index (χ1v) is 7.59. The molecule has 0 aromatic carbocycles. The Morgan fingerprint density at radius 2 is 1.82 bits per heavy atom. The van der Waals surface area contributed by atoms with Gasteiger partial charge in [0.25, 0.3) is 0 Å². The second-order valence-electron chi connectivity index (χ2n) is 6.24. The Kier molecular flexibility index (Phi) is 4.48. The van der Waals surface area contributed by atoms with Gasteiger partial charge in [-0.1, -0.05) is 20.3 Å². The monoisotopic (exact) mass is 239 g/mol. The van der Waals surface area contributed by atoms with Crippen molar-refractivity contribution in [1.82, 2.24) is 4.90 Å². The van der Waals surface area contributed by atoms with Gasteiger partial charge in [-0.05, 0) is 51.0 Å². The van der Waals surface area contributed by atoms with E-state index < -0.39 is 0 Å². The summed E-state index contributed by atoms with van der Waals surface area (Å²) in [6, 6.07) is 0.841. The van der Waals surface area contributed by atoms with Gasteiger partial charge in [0.1, 0.15) is 0 Å². The molecule has 0 aromatic heterocycles. The summed E-state index contributed by atoms with van der Waals surface area (Å²) in [5.74, 6) is 0.967. The van der Waals surface area contributed by atoms with E-state index in [-0.39, 0.29) is 5.41 Å². The van der Waals surface area contributed by atoms with Gasteiger partial charge in [-0.25, -0.2) is 0 Å². The lowest BCUT2D eigenvalue weighted by Gasteiger charge is -2.43. The highest BCUT2D eigenvalue weighted by molar-refractivity contribution is 4.92. The molecule has 2 nitrogen and oxygen atoms in total. The molecule has 0 aromatic rings. The smallest absolute Gasteiger partial charge is 0.0499 e. The minimum atomic E-state index is 0.157. The van der Waals surface area contributed by atoms with Crippen molar-refractivity contribution in [3.05, 3.63) is 0 Å². The van der Waals surface area contributed by atoms with E-state index in [1.54, 1.807) is 0 Å². The molecule has 1 saturated carbocycles. The molecule has 2 fully saturated rings. The Labute approximate surface area is 106 Å². The first-order chi connectivity index (χ1) is 8.24. The van der Waals surface area contributed by atoms with Crippen LogP contribution in [-0.2, 0) is 0 Å². The van der Waals surface area contributed by atoms with E-state index in [1.807, 2.05) is 0 Å². The van der Waals surface area contributed by atoms with E-state index >= 15 is 0 Å². The normalized spacial score (nSPS) is 30.5. The highest BCUT2D eigenvalue weighted by Crippen LogP contribution is 2.39. The van der Waals surface area contributed by atoms with Crippen LogP contribution in [0.1, 0.15) is 58.8 Å². The van der Waals surface area contributed by atoms with Gasteiger partial charge in [-0.15, -0.1) is 0 Å². The molecule has 0 bridgehead atoms. The van der Waals surface area contributed by atoms with Crippen LogP contribution in [0.25, 0.3) is 0 Å². The molecule has 2 unspecified atom stereocenters. The van der Waals surface area contributed by atoms with Crippen LogP contribution in [-0.4, -0.2) is 35.7 Å². The summed E-state index contributed by atoms with van der Waals surface area (Å²) in [4.78, 5) is 2.71. The van der Waals surface area contributed by atoms with Crippen molar-refractivity contribution in [3.63, 3.8) is 0 Å². The van der Waals surface area contributed by atoms with E-state index in [1.165, 1.54) is 38.6 Å². The molecule has 1 aliphatic heterocycles. The Hall–Kier alpha value is -0.0800. The van der Waals surface area contributed by atoms with Crippen molar-refractivity contribution in [3.8, 4) is 0 Å². The van der Waals surface area contributed by atoms with Crippen molar-refractivity contribution in [2.24, 2.45) is 11.3 Å². The van der Waals surface area contributed by atoms with Crippen LogP contribution in [0, 0.1) is 11.3 Å². The number of fused-ring (bicyclic) bond motifs is 1. The van der Waals surface area contributed by atoms with E-state index in [4.69, 9.17) is 0 Å². The summed E-state index contributed by atoms with van der Waals surface area (Å²) >= 11 is 0. The lowest BCUT2D eigenvalue weighted by Crippen LogP contribution is -2.49. The summed E-state index contributed by atoms with van der Waals surface area (Å²) in [7, 11) is 0. The number of aliphatic hydroxyl groups excluding tert-OH is 1. The second-order valence-corrected chi connectivity index (χ2v) is 6.24. The van der Waals surface area contributed by atoms with Crippen molar-refractivity contribution in [1.29, 1.82) is 0 Å². The standard InChI is InChI=1S/C15H29NO/c1-3-15(4-2,12-17)11-16-10-6-8-13-7-5-9-14(13)16/h13-14,17H,3-12H2,1-2H3. The van der Waals surface area contributed by atoms with Crippen molar-refractivity contribution in [2.75, 3.05) is 19.7 Å². The van der Waals surface area contributed by atoms with E-state index in [9.17, 15) is 5.11 Å². The number of likely N-dealkylation sites (tertiary alicyclic amines) is 1. The van der Waals surface area contributed by atoms with Gasteiger partial charge in [0.05, 0.1) is 0 Å². The highest BCUT2D eigenvalue weighted by Gasteiger charge is 2.38. The molecule has 0 radical (unpaired) electrons. The third-order valence-electron chi connectivity index (χ3n) is 5.48. The molecule has 1 N–H and O–H groups in total. The molecular formula is C15H29NO. The van der Waals surface area contributed by atoms with E-state index in [0.717, 1.165) is 31.3 Å². The molecule has 100 valence electrons. The maximum atomic E-state index is 9.72. The van der Waals surface area contributed by atoms with Gasteiger partial charge < -0.3 is 5.11 Å². The average Bonchev–Trinajstić information content (AvgIpc) is 2.85. The average molecular weight is 239 g/mol. The molecule has 2 rings (SSSR count). The first-order valence-electron chi connectivity index (χ1n) is 7.59. The number of piperidine rings is 1. The molecule has 2 aliphatic rings. The quantitative estimate of drug-likeness (QED) is 0.797. The Morgan fingerprint density at radius 1 is 1.12 bits per heavy atom. The summed E-state index contributed by atoms with van der Waals surface area (Å²) in [5, 5.41) is 9.72. The number of nitrogens with zero attached hydrogens (tertiary/aromatic N) is 1. The van der Waals surface area contributed by atoms with Gasteiger partial charge in [0.2, 0.25) is 0 Å². The summed E-state index contributed by atoms with van der Waals surface area (Å²) in [6.07, 6.45) is 9.31. The maximum Gasteiger partial charge on any atom is 0.0499 e. The van der Waals surface area contributed by atoms with Crippen molar-refractivity contribution >= 4 is 0 Å². The highest BCUT2D eigenvalue weighted by atomic mass is 16.3. The zero-order valence-electron chi connectivity index (χ0n) is 11.6. The fourth-order valence-electron chi connectivity index (χ4n) is 3.93. The molecule has 17 heavy (non-hydrogen) atoms. The number of hydrogen-bond acceptors (Lipinski definition) is 2. The van der Waals surface area contributed by atoms with Crippen LogP contribution < -0.4 is 0 Å². The summed E-state index contributed by atoms with van der Waals surface area (Å²) in [5.41, 5.74) is 0.157. The molecule has 2 heteroatoms. The summed E-state index contributed by atoms with van der Waals surface area (Å²) < 4.78 is 0. The van der Waals surface area contributed by atoms with E-state index in [2.05, 4.69) is 18.7 Å². The van der Waals surface area contributed by atoms with Crippen LogP contribution in [0.4, 0.5) is 0 Å². The van der Waals surface area contributed by atoms with Gasteiger partial charge in [-0.2, -0.15) is 0 Å². The fraction of sp³-hybridized carbons (Fsp3) is 1.00. The van der Waals surface area contributed by atoms with Crippen LogP contribution in [0.3, 0.4) is 0 Å². The Bertz CT molecular complexity index is 229. The van der Waals surface area contributed by atoms with Crippen molar-refractivity contribution in [2.45, 2.75) is 64.8 Å². The lowest BCUT2D eigenvalue weighted by molar-refractivity contribution is 0.0213. The Balaban J connectivity index is 2.01. The zero-order chi connectivity index (χ0) is 12.3. The molecule has 0 spiro atoms. The number of hydrogen-bond donors (Lipinski definition) is 1. The van der Waals surface area contributed by atoms with Crippen LogP contribution in [0.5, 0.6) is 0 Å². The Morgan fingerprint density at radius 3 is 2.47 bits per heavy atom. The SMILES string of the molecule is CCC(CC)(CO)CN1CCCC2CCCC21. The predicted octanol–water partition coefficient (Wildman–Crippen LogP) is 3.05. The predicted molar refractivity (Wildman–Crippen MR) is 72.0 cm³/mol. The van der Waals surface area contributed by atoms with Gasteiger partial charge >= 0.3 is 0 Å². The van der Waals surface area contributed by atoms with Gasteiger partial charge in [0, 0.05) is 24.6 Å². The summed E-state index contributed by atoms with van der Waals surface area (Å²) in [6.45, 7) is 7.21. The number of rotatable bonds is 5. The van der Waals surface area contributed by atoms with Crippen LogP contribution in [0.2, 0.25) is 0 Å². The molecule has 2 atom stereocenters. The molecule has 0 amide bonds. The minimum absolute atomic E-state index is 0.157.